The molecular formula is C19H29N3O3. The van der Waals surface area contributed by atoms with Crippen molar-refractivity contribution in [3.05, 3.63) is 29.8 Å². The standard InChI is InChI=1S/C19H29N3O3/c1-16-7-5-8-17(15-16)25-14-11-21-19(24)20-10-6-13-22-12-4-2-3-9-18(22)23/h5,7-8,15H,2-4,6,9-14H2,1H3,(H2,20,21,24). The van der Waals surface area contributed by atoms with E-state index in [2.05, 4.69) is 10.6 Å². The molecule has 1 aromatic rings. The number of rotatable bonds is 8. The van der Waals surface area contributed by atoms with Gasteiger partial charge in [-0.3, -0.25) is 4.79 Å². The van der Waals surface area contributed by atoms with Gasteiger partial charge in [-0.05, 0) is 43.9 Å². The summed E-state index contributed by atoms with van der Waals surface area (Å²) in [7, 11) is 0. The predicted molar refractivity (Wildman–Crippen MR) is 97.7 cm³/mol. The summed E-state index contributed by atoms with van der Waals surface area (Å²) in [5.74, 6) is 1.06. The number of likely N-dealkylation sites (tertiary alicyclic amines) is 1. The van der Waals surface area contributed by atoms with Crippen LogP contribution in [0.25, 0.3) is 0 Å². The van der Waals surface area contributed by atoms with Gasteiger partial charge in [0.25, 0.3) is 0 Å². The first kappa shape index (κ1) is 19.1. The lowest BCUT2D eigenvalue weighted by atomic mass is 10.2. The molecule has 1 heterocycles. The van der Waals surface area contributed by atoms with Gasteiger partial charge in [-0.1, -0.05) is 18.6 Å². The largest absolute Gasteiger partial charge is 0.492 e. The van der Waals surface area contributed by atoms with Gasteiger partial charge in [0.1, 0.15) is 12.4 Å². The van der Waals surface area contributed by atoms with Gasteiger partial charge in [-0.15, -0.1) is 0 Å². The molecule has 1 fully saturated rings. The molecule has 2 N–H and O–H groups in total. The van der Waals surface area contributed by atoms with Gasteiger partial charge in [0.05, 0.1) is 6.54 Å². The molecule has 0 radical (unpaired) electrons. The molecule has 0 aliphatic carbocycles. The Morgan fingerprint density at radius 1 is 1.20 bits per heavy atom. The zero-order valence-electron chi connectivity index (χ0n) is 15.1. The monoisotopic (exact) mass is 347 g/mol. The van der Waals surface area contributed by atoms with Gasteiger partial charge in [-0.25, -0.2) is 4.79 Å². The van der Waals surface area contributed by atoms with Crippen LogP contribution in [0, 0.1) is 6.92 Å². The number of urea groups is 1. The van der Waals surface area contributed by atoms with Gasteiger partial charge in [0.15, 0.2) is 0 Å². The molecule has 3 amide bonds. The molecule has 0 unspecified atom stereocenters. The summed E-state index contributed by atoms with van der Waals surface area (Å²) in [5, 5.41) is 5.59. The number of hydrogen-bond donors (Lipinski definition) is 2. The molecule has 0 saturated carbocycles. The van der Waals surface area contributed by atoms with E-state index >= 15 is 0 Å². The van der Waals surface area contributed by atoms with Crippen LogP contribution >= 0.6 is 0 Å². The third kappa shape index (κ3) is 7.45. The van der Waals surface area contributed by atoms with E-state index in [1.807, 2.05) is 36.1 Å². The van der Waals surface area contributed by atoms with Crippen molar-refractivity contribution in [2.45, 2.75) is 39.0 Å². The highest BCUT2D eigenvalue weighted by atomic mass is 16.5. The molecule has 1 aromatic carbocycles. The summed E-state index contributed by atoms with van der Waals surface area (Å²) in [6.45, 7) is 5.02. The molecule has 2 rings (SSSR count). The highest BCUT2D eigenvalue weighted by Gasteiger charge is 2.15. The molecule has 25 heavy (non-hydrogen) atoms. The molecule has 1 aliphatic heterocycles. The van der Waals surface area contributed by atoms with Crippen LogP contribution in [0.15, 0.2) is 24.3 Å². The smallest absolute Gasteiger partial charge is 0.314 e. The van der Waals surface area contributed by atoms with E-state index < -0.39 is 0 Å². The normalized spacial score (nSPS) is 14.8. The zero-order chi connectivity index (χ0) is 17.9. The van der Waals surface area contributed by atoms with Crippen molar-refractivity contribution in [2.75, 3.05) is 32.8 Å². The molecule has 1 saturated heterocycles. The third-order valence-corrected chi connectivity index (χ3v) is 4.21. The summed E-state index contributed by atoms with van der Waals surface area (Å²) >= 11 is 0. The van der Waals surface area contributed by atoms with Gasteiger partial charge in [-0.2, -0.15) is 0 Å². The fourth-order valence-electron chi connectivity index (χ4n) is 2.85. The summed E-state index contributed by atoms with van der Waals surface area (Å²) < 4.78 is 5.58. The predicted octanol–water partition coefficient (Wildman–Crippen LogP) is 2.47. The van der Waals surface area contributed by atoms with Crippen molar-refractivity contribution in [3.63, 3.8) is 0 Å². The first-order valence-corrected chi connectivity index (χ1v) is 9.14. The van der Waals surface area contributed by atoms with Gasteiger partial charge in [0, 0.05) is 26.1 Å². The maximum atomic E-state index is 11.9. The second kappa shape index (κ2) is 10.6. The Morgan fingerprint density at radius 3 is 2.88 bits per heavy atom. The molecule has 0 atom stereocenters. The number of nitrogens with one attached hydrogen (secondary N) is 2. The summed E-state index contributed by atoms with van der Waals surface area (Å²) in [5.41, 5.74) is 1.14. The summed E-state index contributed by atoms with van der Waals surface area (Å²) in [4.78, 5) is 25.5. The van der Waals surface area contributed by atoms with E-state index in [1.54, 1.807) is 0 Å². The summed E-state index contributed by atoms with van der Waals surface area (Å²) in [6.07, 6.45) is 4.66. The van der Waals surface area contributed by atoms with Gasteiger partial charge >= 0.3 is 6.03 Å². The highest BCUT2D eigenvalue weighted by molar-refractivity contribution is 5.76. The number of carbonyl (C=O) groups excluding carboxylic acids is 2. The Morgan fingerprint density at radius 2 is 2.04 bits per heavy atom. The van der Waals surface area contributed by atoms with Crippen LogP contribution in [-0.2, 0) is 4.79 Å². The Balaban J connectivity index is 1.51. The third-order valence-electron chi connectivity index (χ3n) is 4.21. The van der Waals surface area contributed by atoms with Crippen LogP contribution in [0.5, 0.6) is 5.75 Å². The molecule has 1 aliphatic rings. The van der Waals surface area contributed by atoms with Crippen LogP contribution in [0.3, 0.4) is 0 Å². The van der Waals surface area contributed by atoms with Crippen molar-refractivity contribution in [1.82, 2.24) is 15.5 Å². The van der Waals surface area contributed by atoms with Gasteiger partial charge < -0.3 is 20.3 Å². The van der Waals surface area contributed by atoms with Crippen LogP contribution < -0.4 is 15.4 Å². The maximum Gasteiger partial charge on any atom is 0.314 e. The first-order valence-electron chi connectivity index (χ1n) is 9.14. The van der Waals surface area contributed by atoms with Crippen molar-refractivity contribution >= 4 is 11.9 Å². The lowest BCUT2D eigenvalue weighted by molar-refractivity contribution is -0.130. The average Bonchev–Trinajstić information content (AvgIpc) is 2.80. The SMILES string of the molecule is Cc1cccc(OCCNC(=O)NCCCN2CCCCCC2=O)c1. The Kier molecular flexibility index (Phi) is 8.09. The van der Waals surface area contributed by atoms with E-state index in [4.69, 9.17) is 4.74 Å². The topological polar surface area (TPSA) is 70.7 Å². The van der Waals surface area contributed by atoms with Crippen molar-refractivity contribution in [1.29, 1.82) is 0 Å². The van der Waals surface area contributed by atoms with E-state index in [-0.39, 0.29) is 11.9 Å². The van der Waals surface area contributed by atoms with Gasteiger partial charge in [0.2, 0.25) is 5.91 Å². The van der Waals surface area contributed by atoms with Crippen LogP contribution in [0.2, 0.25) is 0 Å². The number of carbonyl (C=O) groups is 2. The second-order valence-electron chi connectivity index (χ2n) is 6.39. The van der Waals surface area contributed by atoms with E-state index in [1.165, 1.54) is 0 Å². The Bertz CT molecular complexity index is 563. The molecule has 0 aromatic heterocycles. The number of ether oxygens (including phenoxy) is 1. The van der Waals surface area contributed by atoms with Crippen molar-refractivity contribution in [3.8, 4) is 5.75 Å². The lowest BCUT2D eigenvalue weighted by Gasteiger charge is -2.20. The molecule has 138 valence electrons. The van der Waals surface area contributed by atoms with Crippen LogP contribution in [0.4, 0.5) is 4.79 Å². The quantitative estimate of drug-likeness (QED) is 0.710. The molecular weight excluding hydrogens is 318 g/mol. The number of hydrogen-bond acceptors (Lipinski definition) is 3. The molecule has 0 spiro atoms. The number of amides is 3. The van der Waals surface area contributed by atoms with Crippen molar-refractivity contribution in [2.24, 2.45) is 0 Å². The van der Waals surface area contributed by atoms with Crippen LogP contribution in [-0.4, -0.2) is 49.6 Å². The van der Waals surface area contributed by atoms with E-state index in [0.717, 1.165) is 50.1 Å². The minimum absolute atomic E-state index is 0.199. The highest BCUT2D eigenvalue weighted by Crippen LogP contribution is 2.12. The zero-order valence-corrected chi connectivity index (χ0v) is 15.1. The first-order chi connectivity index (χ1) is 12.1. The molecule has 6 heteroatoms. The number of benzene rings is 1. The fourth-order valence-corrected chi connectivity index (χ4v) is 2.85. The van der Waals surface area contributed by atoms with E-state index in [9.17, 15) is 9.59 Å². The maximum absolute atomic E-state index is 11.9. The van der Waals surface area contributed by atoms with E-state index in [0.29, 0.717) is 26.1 Å². The fraction of sp³-hybridized carbons (Fsp3) is 0.579. The second-order valence-corrected chi connectivity index (χ2v) is 6.39. The molecule has 6 nitrogen and oxygen atoms in total. The summed E-state index contributed by atoms with van der Waals surface area (Å²) in [6, 6.07) is 7.62. The minimum Gasteiger partial charge on any atom is -0.492 e. The van der Waals surface area contributed by atoms with Crippen molar-refractivity contribution < 1.29 is 14.3 Å². The average molecular weight is 347 g/mol. The Hall–Kier alpha value is -2.24. The minimum atomic E-state index is -0.199. The Labute approximate surface area is 149 Å². The molecule has 0 bridgehead atoms. The lowest BCUT2D eigenvalue weighted by Crippen LogP contribution is -2.39. The van der Waals surface area contributed by atoms with Crippen LogP contribution in [0.1, 0.15) is 37.7 Å². The number of nitrogens with zero attached hydrogens (tertiary/aromatic N) is 1. The number of aryl methyl sites for hydroxylation is 1.